The molecule has 4 nitrogen and oxygen atoms in total. The van der Waals surface area contributed by atoms with E-state index in [-0.39, 0.29) is 11.5 Å². The highest BCUT2D eigenvalue weighted by Crippen LogP contribution is 2.39. The van der Waals surface area contributed by atoms with E-state index in [0.717, 1.165) is 22.5 Å². The number of rotatable bonds is 6. The van der Waals surface area contributed by atoms with Crippen LogP contribution in [0.1, 0.15) is 36.1 Å². The Morgan fingerprint density at radius 1 is 0.636 bits per heavy atom. The van der Waals surface area contributed by atoms with Crippen molar-refractivity contribution in [2.75, 3.05) is 0 Å². The minimum Gasteiger partial charge on any atom is -0.507 e. The number of benzene rings is 4. The Bertz CT molecular complexity index is 1310. The van der Waals surface area contributed by atoms with Crippen LogP contribution in [-0.2, 0) is 5.41 Å². The van der Waals surface area contributed by atoms with Crippen LogP contribution in [0, 0.1) is 0 Å². The fraction of sp³-hybridized carbons (Fsp3) is 0.103. The van der Waals surface area contributed by atoms with E-state index in [2.05, 4.69) is 23.8 Å². The third-order valence-electron chi connectivity index (χ3n) is 5.71. The molecule has 4 heteroatoms. The molecule has 0 saturated heterocycles. The van der Waals surface area contributed by atoms with Gasteiger partial charge in [-0.1, -0.05) is 68.4 Å². The third-order valence-corrected chi connectivity index (χ3v) is 5.71. The molecule has 4 rings (SSSR count). The minimum atomic E-state index is -0.471. The van der Waals surface area contributed by atoms with Gasteiger partial charge in [-0.15, -0.1) is 0 Å². The number of aromatic hydroxyl groups is 2. The molecule has 0 aromatic heterocycles. The van der Waals surface area contributed by atoms with E-state index in [1.165, 1.54) is 0 Å². The van der Waals surface area contributed by atoms with Gasteiger partial charge in [-0.05, 0) is 48.0 Å². The number of phenols is 2. The molecule has 0 aliphatic rings. The highest BCUT2D eigenvalue weighted by Gasteiger charge is 2.27. The molecule has 0 fully saturated rings. The Balaban J connectivity index is 1.64. The summed E-state index contributed by atoms with van der Waals surface area (Å²) in [5, 5.41) is 21.0. The lowest BCUT2D eigenvalue weighted by atomic mass is 9.77. The SMILES string of the molecule is CC(C)(c1cccc(N=Cc2ccccc2O)c1)c1cccc(C=Nc2ccccc2)c1O. The van der Waals surface area contributed by atoms with E-state index < -0.39 is 5.41 Å². The second kappa shape index (κ2) is 9.53. The smallest absolute Gasteiger partial charge is 0.128 e. The van der Waals surface area contributed by atoms with Crippen molar-refractivity contribution in [1.29, 1.82) is 0 Å². The van der Waals surface area contributed by atoms with Gasteiger partial charge in [0.1, 0.15) is 11.5 Å². The Labute approximate surface area is 194 Å². The largest absolute Gasteiger partial charge is 0.507 e. The van der Waals surface area contributed by atoms with Crippen molar-refractivity contribution in [3.63, 3.8) is 0 Å². The lowest BCUT2D eigenvalue weighted by Gasteiger charge is -2.27. The molecule has 0 amide bonds. The molecule has 33 heavy (non-hydrogen) atoms. The highest BCUT2D eigenvalue weighted by molar-refractivity contribution is 5.86. The number of nitrogens with zero attached hydrogens (tertiary/aromatic N) is 2. The lowest BCUT2D eigenvalue weighted by Crippen LogP contribution is -2.19. The fourth-order valence-corrected chi connectivity index (χ4v) is 3.70. The molecule has 0 spiro atoms. The van der Waals surface area contributed by atoms with Crippen molar-refractivity contribution >= 4 is 23.8 Å². The molecule has 4 aromatic rings. The van der Waals surface area contributed by atoms with Gasteiger partial charge in [0.15, 0.2) is 0 Å². The molecule has 0 unspecified atom stereocenters. The van der Waals surface area contributed by atoms with Crippen LogP contribution in [0.3, 0.4) is 0 Å². The topological polar surface area (TPSA) is 65.2 Å². The van der Waals surface area contributed by atoms with Crippen LogP contribution in [0.2, 0.25) is 0 Å². The van der Waals surface area contributed by atoms with E-state index in [0.29, 0.717) is 11.1 Å². The predicted molar refractivity (Wildman–Crippen MR) is 136 cm³/mol. The first-order chi connectivity index (χ1) is 15.9. The number of phenolic OH excluding ortho intramolecular Hbond substituents is 2. The minimum absolute atomic E-state index is 0.191. The summed E-state index contributed by atoms with van der Waals surface area (Å²) in [5.74, 6) is 0.405. The summed E-state index contributed by atoms with van der Waals surface area (Å²) in [6, 6.07) is 30.4. The van der Waals surface area contributed by atoms with E-state index in [1.807, 2.05) is 84.9 Å². The summed E-state index contributed by atoms with van der Waals surface area (Å²) in [6.07, 6.45) is 3.34. The first kappa shape index (κ1) is 22.0. The first-order valence-corrected chi connectivity index (χ1v) is 10.8. The monoisotopic (exact) mass is 434 g/mol. The van der Waals surface area contributed by atoms with E-state index in [9.17, 15) is 10.2 Å². The third kappa shape index (κ3) is 5.01. The molecule has 0 aliphatic heterocycles. The zero-order valence-electron chi connectivity index (χ0n) is 18.7. The van der Waals surface area contributed by atoms with Crippen LogP contribution in [0.4, 0.5) is 11.4 Å². The number of hydrogen-bond acceptors (Lipinski definition) is 4. The van der Waals surface area contributed by atoms with E-state index in [1.54, 1.807) is 24.6 Å². The molecule has 4 aromatic carbocycles. The number of hydrogen-bond donors (Lipinski definition) is 2. The Hall–Kier alpha value is -4.18. The summed E-state index contributed by atoms with van der Waals surface area (Å²) in [4.78, 5) is 9.02. The molecule has 0 atom stereocenters. The van der Waals surface area contributed by atoms with Gasteiger partial charge in [0.2, 0.25) is 0 Å². The van der Waals surface area contributed by atoms with Crippen LogP contribution >= 0.6 is 0 Å². The molecule has 0 heterocycles. The van der Waals surface area contributed by atoms with E-state index in [4.69, 9.17) is 0 Å². The Kier molecular flexibility index (Phi) is 6.36. The van der Waals surface area contributed by atoms with Crippen molar-refractivity contribution in [2.24, 2.45) is 9.98 Å². The quantitative estimate of drug-likeness (QED) is 0.323. The average Bonchev–Trinajstić information content (AvgIpc) is 2.83. The van der Waals surface area contributed by atoms with Crippen LogP contribution in [0.25, 0.3) is 0 Å². The molecular formula is C29H26N2O2. The molecule has 0 radical (unpaired) electrons. The predicted octanol–water partition coefficient (Wildman–Crippen LogP) is 6.92. The summed E-state index contributed by atoms with van der Waals surface area (Å²) in [6.45, 7) is 4.15. The van der Waals surface area contributed by atoms with Gasteiger partial charge in [0.05, 0.1) is 11.4 Å². The molecule has 2 N–H and O–H groups in total. The van der Waals surface area contributed by atoms with Gasteiger partial charge in [-0.3, -0.25) is 9.98 Å². The number of aliphatic imine (C=N–C) groups is 2. The average molecular weight is 435 g/mol. The summed E-state index contributed by atoms with van der Waals surface area (Å²) >= 11 is 0. The van der Waals surface area contributed by atoms with Crippen LogP contribution in [-0.4, -0.2) is 22.6 Å². The van der Waals surface area contributed by atoms with Gasteiger partial charge >= 0.3 is 0 Å². The van der Waals surface area contributed by atoms with Gasteiger partial charge in [-0.2, -0.15) is 0 Å². The normalized spacial score (nSPS) is 11.9. The highest BCUT2D eigenvalue weighted by atomic mass is 16.3. The van der Waals surface area contributed by atoms with Gasteiger partial charge in [0, 0.05) is 34.5 Å². The standard InChI is InChI=1S/C29H26N2O2/c1-29(2,23-12-9-15-25(18-23)31-19-21-10-6-7-17-27(21)32)26-16-8-11-22(28(26)33)20-30-24-13-4-3-5-14-24/h3-20,32-33H,1-2H3. The van der Waals surface area contributed by atoms with Crippen molar-refractivity contribution < 1.29 is 10.2 Å². The Morgan fingerprint density at radius 2 is 1.24 bits per heavy atom. The molecule has 164 valence electrons. The Morgan fingerprint density at radius 3 is 2.03 bits per heavy atom. The summed E-state index contributed by atoms with van der Waals surface area (Å²) in [5.41, 5.74) is 4.27. The summed E-state index contributed by atoms with van der Waals surface area (Å²) in [7, 11) is 0. The van der Waals surface area contributed by atoms with Crippen molar-refractivity contribution in [1.82, 2.24) is 0 Å². The maximum Gasteiger partial charge on any atom is 0.128 e. The van der Waals surface area contributed by atoms with Crippen molar-refractivity contribution in [2.45, 2.75) is 19.3 Å². The molecule has 0 bridgehead atoms. The summed E-state index contributed by atoms with van der Waals surface area (Å²) < 4.78 is 0. The van der Waals surface area contributed by atoms with Gasteiger partial charge in [-0.25, -0.2) is 0 Å². The molecular weight excluding hydrogens is 408 g/mol. The van der Waals surface area contributed by atoms with Crippen LogP contribution in [0.5, 0.6) is 11.5 Å². The van der Waals surface area contributed by atoms with E-state index >= 15 is 0 Å². The van der Waals surface area contributed by atoms with Crippen LogP contribution in [0.15, 0.2) is 107 Å². The number of para-hydroxylation sites is 3. The van der Waals surface area contributed by atoms with Crippen molar-refractivity contribution in [3.05, 3.63) is 119 Å². The maximum absolute atomic E-state index is 11.1. The zero-order valence-corrected chi connectivity index (χ0v) is 18.7. The second-order valence-corrected chi connectivity index (χ2v) is 8.33. The maximum atomic E-state index is 11.1. The first-order valence-electron chi connectivity index (χ1n) is 10.8. The van der Waals surface area contributed by atoms with Crippen molar-refractivity contribution in [3.8, 4) is 11.5 Å². The fourth-order valence-electron chi connectivity index (χ4n) is 3.70. The second-order valence-electron chi connectivity index (χ2n) is 8.33. The zero-order chi connectivity index (χ0) is 23.3. The molecule has 0 saturated carbocycles. The van der Waals surface area contributed by atoms with Gasteiger partial charge in [0.25, 0.3) is 0 Å². The van der Waals surface area contributed by atoms with Gasteiger partial charge < -0.3 is 10.2 Å². The molecule has 0 aliphatic carbocycles. The lowest BCUT2D eigenvalue weighted by molar-refractivity contribution is 0.452. The van der Waals surface area contributed by atoms with Crippen LogP contribution < -0.4 is 0 Å².